The number of ether oxygens (including phenoxy) is 2. The number of rotatable bonds is 9. The number of allylic oxidation sites excluding steroid dienone is 2. The third kappa shape index (κ3) is 6.22. The van der Waals surface area contributed by atoms with Crippen LogP contribution in [0, 0.1) is 0 Å². The van der Waals surface area contributed by atoms with Gasteiger partial charge in [0.25, 0.3) is 11.8 Å². The minimum absolute atomic E-state index is 0.0420. The molecule has 0 saturated heterocycles. The summed E-state index contributed by atoms with van der Waals surface area (Å²) in [5.41, 5.74) is -2.78. The molecule has 230 valence electrons. The topological polar surface area (TPSA) is 201 Å². The Kier molecular flexibility index (Phi) is 10.3. The highest BCUT2D eigenvalue weighted by molar-refractivity contribution is 9.12. The molecule has 2 aliphatic carbocycles. The van der Waals surface area contributed by atoms with Crippen molar-refractivity contribution in [2.75, 3.05) is 27.3 Å². The first-order valence-corrected chi connectivity index (χ1v) is 15.4. The molecule has 2 heterocycles. The molecule has 42 heavy (non-hydrogen) atoms. The molecule has 0 saturated carbocycles. The summed E-state index contributed by atoms with van der Waals surface area (Å²) in [5, 5.41) is 54.6. The van der Waals surface area contributed by atoms with Gasteiger partial charge < -0.3 is 50.2 Å². The number of hydrogen-bond donors (Lipinski definition) is 6. The summed E-state index contributed by atoms with van der Waals surface area (Å²) in [6, 6.07) is 0. The maximum Gasteiger partial charge on any atom is 0.269 e. The van der Waals surface area contributed by atoms with E-state index in [1.54, 1.807) is 12.2 Å². The van der Waals surface area contributed by atoms with Gasteiger partial charge >= 0.3 is 0 Å². The molecule has 0 fully saturated rings. The van der Waals surface area contributed by atoms with E-state index >= 15 is 0 Å². The molecule has 2 amide bonds. The Balaban J connectivity index is 1.24. The van der Waals surface area contributed by atoms with Crippen molar-refractivity contribution in [1.29, 1.82) is 0 Å². The van der Waals surface area contributed by atoms with Crippen molar-refractivity contribution in [1.82, 2.24) is 10.6 Å². The fourth-order valence-corrected chi connectivity index (χ4v) is 8.09. The molecule has 0 aromatic heterocycles. The highest BCUT2D eigenvalue weighted by Gasteiger charge is 2.52. The van der Waals surface area contributed by atoms with E-state index in [1.165, 1.54) is 14.2 Å². The van der Waals surface area contributed by atoms with E-state index in [0.29, 0.717) is 29.4 Å². The molecule has 2 unspecified atom stereocenters. The van der Waals surface area contributed by atoms with Gasteiger partial charge in [-0.2, -0.15) is 0 Å². The monoisotopic (exact) mass is 846 g/mol. The van der Waals surface area contributed by atoms with Crippen molar-refractivity contribution in [3.05, 3.63) is 41.6 Å². The lowest BCUT2D eigenvalue weighted by atomic mass is 9.87. The van der Waals surface area contributed by atoms with Gasteiger partial charge in [0.15, 0.2) is 11.2 Å². The molecule has 2 spiro atoms. The largest absolute Gasteiger partial charge is 0.495 e. The quantitative estimate of drug-likeness (QED) is 0.193. The number of aliphatic hydroxyl groups excluding tert-OH is 4. The van der Waals surface area contributed by atoms with Gasteiger partial charge in [0.2, 0.25) is 0 Å². The molecule has 0 aromatic rings. The normalized spacial score (nSPS) is 30.1. The smallest absolute Gasteiger partial charge is 0.269 e. The van der Waals surface area contributed by atoms with Crippen LogP contribution in [0.5, 0.6) is 0 Å². The predicted octanol–water partition coefficient (Wildman–Crippen LogP) is 0.783. The van der Waals surface area contributed by atoms with E-state index in [1.807, 2.05) is 0 Å². The van der Waals surface area contributed by atoms with Gasteiger partial charge in [0, 0.05) is 25.9 Å². The Bertz CT molecular complexity index is 1250. The minimum atomic E-state index is -1.46. The van der Waals surface area contributed by atoms with Crippen molar-refractivity contribution in [3.63, 3.8) is 0 Å². The van der Waals surface area contributed by atoms with Crippen LogP contribution in [-0.4, -0.2) is 107 Å². The Morgan fingerprint density at radius 3 is 1.55 bits per heavy atom. The molecule has 6 N–H and O–H groups in total. The first-order valence-electron chi connectivity index (χ1n) is 12.2. The van der Waals surface area contributed by atoms with Gasteiger partial charge in [-0.3, -0.25) is 9.59 Å². The average molecular weight is 850 g/mol. The van der Waals surface area contributed by atoms with E-state index in [-0.39, 0.29) is 37.4 Å². The number of amides is 2. The van der Waals surface area contributed by atoms with E-state index < -0.39 is 47.4 Å². The van der Waals surface area contributed by atoms with Crippen molar-refractivity contribution >= 4 is 87.0 Å². The number of aliphatic hydroxyl groups is 4. The van der Waals surface area contributed by atoms with Crippen LogP contribution >= 0.6 is 63.7 Å². The maximum atomic E-state index is 12.7. The molecule has 14 nitrogen and oxygen atoms in total. The number of nitrogens with one attached hydrogen (secondary N) is 2. The first kappa shape index (κ1) is 33.1. The lowest BCUT2D eigenvalue weighted by molar-refractivity contribution is -0.117. The Labute approximate surface area is 273 Å². The second-order valence-corrected chi connectivity index (χ2v) is 13.0. The van der Waals surface area contributed by atoms with Gasteiger partial charge in [-0.15, -0.1) is 0 Å². The summed E-state index contributed by atoms with van der Waals surface area (Å²) < 4.78 is 12.1. The summed E-state index contributed by atoms with van der Waals surface area (Å²) >= 11 is 13.2. The summed E-state index contributed by atoms with van der Waals surface area (Å²) in [4.78, 5) is 36.2. The number of hydrogen-bond acceptors (Lipinski definition) is 12. The highest BCUT2D eigenvalue weighted by Crippen LogP contribution is 2.45. The maximum absolute atomic E-state index is 12.7. The lowest BCUT2D eigenvalue weighted by Gasteiger charge is -2.33. The zero-order valence-corrected chi connectivity index (χ0v) is 28.3. The lowest BCUT2D eigenvalue weighted by Crippen LogP contribution is -2.48. The minimum Gasteiger partial charge on any atom is -0.495 e. The van der Waals surface area contributed by atoms with Gasteiger partial charge in [0.05, 0.1) is 44.4 Å². The Hall–Kier alpha value is -1.80. The van der Waals surface area contributed by atoms with Crippen LogP contribution in [0.25, 0.3) is 0 Å². The zero-order valence-electron chi connectivity index (χ0n) is 21.9. The molecule has 18 heteroatoms. The van der Waals surface area contributed by atoms with E-state index in [2.05, 4.69) is 84.7 Å². The number of carbonyl (C=O) groups excluding carboxylic acids is 2. The predicted molar refractivity (Wildman–Crippen MR) is 162 cm³/mol. The fourth-order valence-electron chi connectivity index (χ4n) is 4.51. The van der Waals surface area contributed by atoms with Gasteiger partial charge in [0.1, 0.15) is 35.1 Å². The molecule has 0 radical (unpaired) electrons. The Morgan fingerprint density at radius 2 is 1.21 bits per heavy atom. The van der Waals surface area contributed by atoms with Gasteiger partial charge in [-0.1, -0.05) is 10.3 Å². The van der Waals surface area contributed by atoms with Crippen LogP contribution in [-0.2, 0) is 28.7 Å². The van der Waals surface area contributed by atoms with E-state index in [4.69, 9.17) is 19.1 Å². The SMILES string of the molecule is COC1=C(Br)[C@H](O)[C@@]2(C=C1Br)CC(C(=O)NCC(O)C(O)CNC(=O)C1=NO[C@]3(C=C(Br)C(OC)=C(Br)[C@@H]3O)C1)=NO2. The molecule has 0 bridgehead atoms. The molecule has 4 aliphatic rings. The molecule has 2 aliphatic heterocycles. The summed E-state index contributed by atoms with van der Waals surface area (Å²) in [5.74, 6) is -0.621. The van der Waals surface area contributed by atoms with E-state index in [9.17, 15) is 30.0 Å². The highest BCUT2D eigenvalue weighted by atomic mass is 79.9. The number of nitrogens with zero attached hydrogens (tertiary/aromatic N) is 2. The third-order valence-corrected chi connectivity index (χ3v) is 9.64. The average Bonchev–Trinajstić information content (AvgIpc) is 3.58. The van der Waals surface area contributed by atoms with Crippen molar-refractivity contribution in [2.45, 2.75) is 48.5 Å². The standard InChI is InChI=1S/C24H26Br4N4O10/c1-39-17-9(25)3-23(19(35)15(17)27)5-11(31-41-23)21(37)29-7-13(33)14(34)8-30-22(38)12-6-24(42-32-12)4-10(26)18(40-2)16(28)20(24)36/h3-4,13-14,19-20,33-36H,5-8H2,1-2H3,(H,29,37)(H,30,38)/t13?,14?,19-,20-,23+,24+/m0/s1. The van der Waals surface area contributed by atoms with Gasteiger partial charge in [-0.05, 0) is 75.9 Å². The van der Waals surface area contributed by atoms with Crippen molar-refractivity contribution in [3.8, 4) is 0 Å². The molecule has 0 aromatic carbocycles. The summed E-state index contributed by atoms with van der Waals surface area (Å²) in [7, 11) is 2.88. The van der Waals surface area contributed by atoms with Crippen LogP contribution < -0.4 is 10.6 Å². The number of oxime groups is 2. The number of carbonyl (C=O) groups is 2. The first-order chi connectivity index (χ1) is 19.8. The second-order valence-electron chi connectivity index (χ2n) is 9.63. The molecular formula is C24H26Br4N4O10. The number of halogens is 4. The van der Waals surface area contributed by atoms with Crippen LogP contribution in [0.4, 0.5) is 0 Å². The summed E-state index contributed by atoms with van der Waals surface area (Å²) in [6.07, 6.45) is -2.40. The zero-order chi connectivity index (χ0) is 31.0. The second kappa shape index (κ2) is 13.1. The molecule has 6 atom stereocenters. The van der Waals surface area contributed by atoms with Crippen LogP contribution in [0.2, 0.25) is 0 Å². The number of methoxy groups -OCH3 is 2. The van der Waals surface area contributed by atoms with Crippen LogP contribution in [0.15, 0.2) is 51.9 Å². The van der Waals surface area contributed by atoms with E-state index in [0.717, 1.165) is 0 Å². The molecular weight excluding hydrogens is 824 g/mol. The summed E-state index contributed by atoms with van der Waals surface area (Å²) in [6.45, 7) is -0.746. The fraction of sp³-hybridized carbons (Fsp3) is 0.500. The van der Waals surface area contributed by atoms with Gasteiger partial charge in [-0.25, -0.2) is 0 Å². The Morgan fingerprint density at radius 1 is 0.857 bits per heavy atom. The van der Waals surface area contributed by atoms with Crippen molar-refractivity contribution < 1.29 is 49.2 Å². The molecule has 4 rings (SSSR count). The van der Waals surface area contributed by atoms with Crippen LogP contribution in [0.3, 0.4) is 0 Å². The van der Waals surface area contributed by atoms with Crippen LogP contribution in [0.1, 0.15) is 12.8 Å². The van der Waals surface area contributed by atoms with Crippen molar-refractivity contribution in [2.24, 2.45) is 10.3 Å². The third-order valence-electron chi connectivity index (χ3n) is 6.87.